The number of nitrogens with one attached hydrogen (secondary N) is 1. The maximum absolute atomic E-state index is 3.89. The largest absolute Gasteiger partial charge is 0.307 e. The standard InChI is InChI=1S/C18H28BrN/c1-3-5-14-6-12-17(13-7-14)20-18(4-2)15-8-10-16(19)11-9-15/h8-11,14,17-18,20H,3-7,12-13H2,1-2H3. The summed E-state index contributed by atoms with van der Waals surface area (Å²) in [6, 6.07) is 10.0. The van der Waals surface area contributed by atoms with Crippen molar-refractivity contribution in [2.24, 2.45) is 5.92 Å². The zero-order valence-electron chi connectivity index (χ0n) is 12.9. The molecule has 1 aliphatic rings. The van der Waals surface area contributed by atoms with E-state index in [2.05, 4.69) is 59.4 Å². The van der Waals surface area contributed by atoms with Crippen molar-refractivity contribution in [3.63, 3.8) is 0 Å². The van der Waals surface area contributed by atoms with Crippen molar-refractivity contribution >= 4 is 15.9 Å². The van der Waals surface area contributed by atoms with Crippen LogP contribution in [0.1, 0.15) is 70.4 Å². The van der Waals surface area contributed by atoms with E-state index in [0.29, 0.717) is 6.04 Å². The fourth-order valence-corrected chi connectivity index (χ4v) is 3.72. The van der Waals surface area contributed by atoms with Crippen molar-refractivity contribution in [2.45, 2.75) is 70.9 Å². The second kappa shape index (κ2) is 8.19. The summed E-state index contributed by atoms with van der Waals surface area (Å²) in [5.41, 5.74) is 1.42. The fourth-order valence-electron chi connectivity index (χ4n) is 3.46. The van der Waals surface area contributed by atoms with E-state index in [1.165, 1.54) is 44.1 Å². The normalized spacial score (nSPS) is 24.6. The Balaban J connectivity index is 1.86. The maximum atomic E-state index is 3.89. The lowest BCUT2D eigenvalue weighted by atomic mass is 9.83. The number of hydrogen-bond acceptors (Lipinski definition) is 1. The first-order valence-corrected chi connectivity index (χ1v) is 9.03. The minimum absolute atomic E-state index is 0.510. The van der Waals surface area contributed by atoms with E-state index in [1.807, 2.05) is 0 Å². The lowest BCUT2D eigenvalue weighted by molar-refractivity contribution is 0.261. The summed E-state index contributed by atoms with van der Waals surface area (Å²) < 4.78 is 1.16. The van der Waals surface area contributed by atoms with Gasteiger partial charge in [-0.2, -0.15) is 0 Å². The van der Waals surface area contributed by atoms with Crippen LogP contribution >= 0.6 is 15.9 Å². The molecule has 20 heavy (non-hydrogen) atoms. The van der Waals surface area contributed by atoms with Crippen molar-refractivity contribution in [3.05, 3.63) is 34.3 Å². The third-order valence-electron chi connectivity index (χ3n) is 4.66. The highest BCUT2D eigenvalue weighted by atomic mass is 79.9. The molecular formula is C18H28BrN. The Kier molecular flexibility index (Phi) is 6.57. The topological polar surface area (TPSA) is 12.0 Å². The lowest BCUT2D eigenvalue weighted by Gasteiger charge is -2.32. The van der Waals surface area contributed by atoms with Crippen LogP contribution in [0.3, 0.4) is 0 Å². The van der Waals surface area contributed by atoms with Gasteiger partial charge in [-0.15, -0.1) is 0 Å². The Bertz CT molecular complexity index is 379. The van der Waals surface area contributed by atoms with Gasteiger partial charge >= 0.3 is 0 Å². The van der Waals surface area contributed by atoms with Crippen LogP contribution in [0.15, 0.2) is 28.7 Å². The average molecular weight is 338 g/mol. The molecule has 0 saturated heterocycles. The quantitative estimate of drug-likeness (QED) is 0.686. The minimum atomic E-state index is 0.510. The summed E-state index contributed by atoms with van der Waals surface area (Å²) >= 11 is 3.52. The molecule has 0 heterocycles. The van der Waals surface area contributed by atoms with E-state index < -0.39 is 0 Å². The average Bonchev–Trinajstić information content (AvgIpc) is 2.48. The first-order valence-electron chi connectivity index (χ1n) is 8.24. The van der Waals surface area contributed by atoms with E-state index in [1.54, 1.807) is 0 Å². The van der Waals surface area contributed by atoms with Gasteiger partial charge in [0.25, 0.3) is 0 Å². The maximum Gasteiger partial charge on any atom is 0.0320 e. The summed E-state index contributed by atoms with van der Waals surface area (Å²) in [5.74, 6) is 0.991. The van der Waals surface area contributed by atoms with Gasteiger partial charge in [0, 0.05) is 16.6 Å². The van der Waals surface area contributed by atoms with Gasteiger partial charge in [0.1, 0.15) is 0 Å². The molecule has 2 rings (SSSR count). The molecule has 1 aromatic rings. The molecule has 1 saturated carbocycles. The van der Waals surface area contributed by atoms with Crippen LogP contribution in [0.5, 0.6) is 0 Å². The highest BCUT2D eigenvalue weighted by molar-refractivity contribution is 9.10. The molecule has 0 aliphatic heterocycles. The second-order valence-electron chi connectivity index (χ2n) is 6.19. The second-order valence-corrected chi connectivity index (χ2v) is 7.10. The smallest absolute Gasteiger partial charge is 0.0320 e. The highest BCUT2D eigenvalue weighted by Gasteiger charge is 2.22. The van der Waals surface area contributed by atoms with Gasteiger partial charge in [-0.25, -0.2) is 0 Å². The molecule has 1 unspecified atom stereocenters. The van der Waals surface area contributed by atoms with Gasteiger partial charge < -0.3 is 5.32 Å². The minimum Gasteiger partial charge on any atom is -0.307 e. The Morgan fingerprint density at radius 3 is 2.30 bits per heavy atom. The molecule has 1 aliphatic carbocycles. The number of benzene rings is 1. The Morgan fingerprint density at radius 1 is 1.10 bits per heavy atom. The van der Waals surface area contributed by atoms with Gasteiger partial charge in [0.2, 0.25) is 0 Å². The molecule has 1 atom stereocenters. The molecule has 1 N–H and O–H groups in total. The highest BCUT2D eigenvalue weighted by Crippen LogP contribution is 2.30. The Labute approximate surface area is 132 Å². The van der Waals surface area contributed by atoms with Crippen LogP contribution < -0.4 is 5.32 Å². The van der Waals surface area contributed by atoms with E-state index in [9.17, 15) is 0 Å². The number of hydrogen-bond donors (Lipinski definition) is 1. The molecule has 0 spiro atoms. The van der Waals surface area contributed by atoms with E-state index in [0.717, 1.165) is 22.9 Å². The molecule has 0 radical (unpaired) electrons. The van der Waals surface area contributed by atoms with Crippen molar-refractivity contribution < 1.29 is 0 Å². The molecule has 0 aromatic heterocycles. The molecule has 1 aromatic carbocycles. The van der Waals surface area contributed by atoms with Gasteiger partial charge in [0.05, 0.1) is 0 Å². The first-order chi connectivity index (χ1) is 9.72. The zero-order chi connectivity index (χ0) is 14.4. The summed E-state index contributed by atoms with van der Waals surface area (Å²) in [5, 5.41) is 3.89. The van der Waals surface area contributed by atoms with Crippen LogP contribution in [-0.4, -0.2) is 6.04 Å². The molecular weight excluding hydrogens is 310 g/mol. The lowest BCUT2D eigenvalue weighted by Crippen LogP contribution is -2.35. The predicted octanol–water partition coefficient (Wildman–Crippen LogP) is 5.85. The van der Waals surface area contributed by atoms with Crippen LogP contribution in [0.25, 0.3) is 0 Å². The predicted molar refractivity (Wildman–Crippen MR) is 91.0 cm³/mol. The Morgan fingerprint density at radius 2 is 1.75 bits per heavy atom. The summed E-state index contributed by atoms with van der Waals surface area (Å²) in [6.45, 7) is 4.59. The number of rotatable bonds is 6. The van der Waals surface area contributed by atoms with Crippen LogP contribution in [0, 0.1) is 5.92 Å². The van der Waals surface area contributed by atoms with Gasteiger partial charge in [0.15, 0.2) is 0 Å². The van der Waals surface area contributed by atoms with Crippen LogP contribution in [0.4, 0.5) is 0 Å². The van der Waals surface area contributed by atoms with Crippen molar-refractivity contribution in [1.29, 1.82) is 0 Å². The zero-order valence-corrected chi connectivity index (χ0v) is 14.5. The summed E-state index contributed by atoms with van der Waals surface area (Å²) in [6.07, 6.45) is 9.49. The van der Waals surface area contributed by atoms with Crippen molar-refractivity contribution in [2.75, 3.05) is 0 Å². The molecule has 1 fully saturated rings. The molecule has 112 valence electrons. The molecule has 1 nitrogen and oxygen atoms in total. The van der Waals surface area contributed by atoms with E-state index in [4.69, 9.17) is 0 Å². The van der Waals surface area contributed by atoms with E-state index >= 15 is 0 Å². The van der Waals surface area contributed by atoms with Crippen molar-refractivity contribution in [1.82, 2.24) is 5.32 Å². The summed E-state index contributed by atoms with van der Waals surface area (Å²) in [4.78, 5) is 0. The third kappa shape index (κ3) is 4.60. The van der Waals surface area contributed by atoms with Gasteiger partial charge in [-0.05, 0) is 55.7 Å². The molecule has 0 amide bonds. The third-order valence-corrected chi connectivity index (χ3v) is 5.19. The van der Waals surface area contributed by atoms with Gasteiger partial charge in [-0.1, -0.05) is 54.8 Å². The van der Waals surface area contributed by atoms with Crippen LogP contribution in [0.2, 0.25) is 0 Å². The monoisotopic (exact) mass is 337 g/mol. The number of halogens is 1. The molecule has 0 bridgehead atoms. The first kappa shape index (κ1) is 16.0. The summed E-state index contributed by atoms with van der Waals surface area (Å²) in [7, 11) is 0. The van der Waals surface area contributed by atoms with E-state index in [-0.39, 0.29) is 0 Å². The van der Waals surface area contributed by atoms with Crippen molar-refractivity contribution in [3.8, 4) is 0 Å². The fraction of sp³-hybridized carbons (Fsp3) is 0.667. The van der Waals surface area contributed by atoms with Gasteiger partial charge in [-0.3, -0.25) is 0 Å². The van der Waals surface area contributed by atoms with Crippen LogP contribution in [-0.2, 0) is 0 Å². The Hall–Kier alpha value is -0.340. The molecule has 2 heteroatoms. The SMILES string of the molecule is CCCC1CCC(NC(CC)c2ccc(Br)cc2)CC1.